The summed E-state index contributed by atoms with van der Waals surface area (Å²) in [6, 6.07) is 3.79. The summed E-state index contributed by atoms with van der Waals surface area (Å²) in [4.78, 5) is 32.5. The van der Waals surface area contributed by atoms with Crippen LogP contribution < -0.4 is 30.9 Å². The number of carbonyl (C=O) groups excluding carboxylic acids is 1. The van der Waals surface area contributed by atoms with Gasteiger partial charge in [0.15, 0.2) is 11.5 Å². The number of rotatable bonds is 12. The van der Waals surface area contributed by atoms with Crippen LogP contribution in [-0.4, -0.2) is 105 Å². The smallest absolute Gasteiger partial charge is 0.333 e. The maximum absolute atomic E-state index is 13.0. The number of benzene rings is 1. The van der Waals surface area contributed by atoms with Crippen LogP contribution in [0.15, 0.2) is 29.5 Å². The van der Waals surface area contributed by atoms with Gasteiger partial charge in [-0.3, -0.25) is 18.4 Å². The van der Waals surface area contributed by atoms with Gasteiger partial charge in [0, 0.05) is 57.0 Å². The molecule has 1 aromatic carbocycles. The first kappa shape index (κ1) is 29.6. The minimum absolute atomic E-state index is 0.0896. The van der Waals surface area contributed by atoms with Crippen LogP contribution in [0.25, 0.3) is 10.9 Å². The van der Waals surface area contributed by atoms with Crippen molar-refractivity contribution >= 4 is 38.9 Å². The maximum atomic E-state index is 13.0. The number of nitrogens with one attached hydrogen (secondary N) is 2. The third kappa shape index (κ3) is 7.29. The summed E-state index contributed by atoms with van der Waals surface area (Å²) < 4.78 is 45.2. The average Bonchev–Trinajstić information content (AvgIpc) is 3.48. The average molecular weight is 604 g/mol. The van der Waals surface area contributed by atoms with E-state index in [1.54, 1.807) is 7.11 Å². The Bertz CT molecular complexity index is 1590. The number of morpholine rings is 1. The molecule has 3 aromatic rings. The summed E-state index contributed by atoms with van der Waals surface area (Å²) in [5.74, 6) is 1.40. The van der Waals surface area contributed by atoms with Crippen molar-refractivity contribution < 1.29 is 31.6 Å². The topological polar surface area (TPSA) is 197 Å². The number of nitrogens with zero attached hydrogens (tertiary/aromatic N) is 6. The molecule has 0 spiro atoms. The zero-order valence-corrected chi connectivity index (χ0v) is 23.9. The van der Waals surface area contributed by atoms with Crippen LogP contribution in [0.4, 0.5) is 11.8 Å². The number of ether oxygens (including phenoxy) is 3. The van der Waals surface area contributed by atoms with E-state index in [9.17, 15) is 13.2 Å². The number of nitrogens with two attached hydrogens (primary N) is 1. The number of amides is 1. The highest BCUT2D eigenvalue weighted by Gasteiger charge is 2.21. The summed E-state index contributed by atoms with van der Waals surface area (Å²) in [7, 11) is -2.47. The first-order valence-corrected chi connectivity index (χ1v) is 14.9. The first-order valence-electron chi connectivity index (χ1n) is 13.4. The van der Waals surface area contributed by atoms with Crippen molar-refractivity contribution in [3.05, 3.63) is 35.7 Å². The van der Waals surface area contributed by atoms with Gasteiger partial charge in [0.2, 0.25) is 11.6 Å². The van der Waals surface area contributed by atoms with Gasteiger partial charge in [-0.1, -0.05) is 0 Å². The van der Waals surface area contributed by atoms with Gasteiger partial charge < -0.3 is 24.8 Å². The molecule has 1 amide bonds. The van der Waals surface area contributed by atoms with E-state index in [0.717, 1.165) is 50.5 Å². The van der Waals surface area contributed by atoms with E-state index >= 15 is 0 Å². The van der Waals surface area contributed by atoms with Crippen molar-refractivity contribution in [1.29, 1.82) is 0 Å². The van der Waals surface area contributed by atoms with E-state index in [1.807, 2.05) is 16.7 Å². The van der Waals surface area contributed by atoms with Gasteiger partial charge in [0.1, 0.15) is 11.3 Å². The van der Waals surface area contributed by atoms with Gasteiger partial charge in [0.05, 0.1) is 39.1 Å². The van der Waals surface area contributed by atoms with E-state index < -0.39 is 16.2 Å². The molecular weight excluding hydrogens is 570 g/mol. The molecule has 17 heteroatoms. The Kier molecular flexibility index (Phi) is 9.43. The molecule has 2 aliphatic rings. The second-order valence-corrected chi connectivity index (χ2v) is 10.7. The van der Waals surface area contributed by atoms with Crippen molar-refractivity contribution in [2.45, 2.75) is 13.0 Å². The van der Waals surface area contributed by atoms with Crippen LogP contribution in [0.2, 0.25) is 0 Å². The lowest BCUT2D eigenvalue weighted by molar-refractivity contribution is 0.0357. The van der Waals surface area contributed by atoms with Gasteiger partial charge in [-0.25, -0.2) is 20.1 Å². The van der Waals surface area contributed by atoms with Crippen molar-refractivity contribution in [2.24, 2.45) is 10.1 Å². The second-order valence-electron chi connectivity index (χ2n) is 9.44. The van der Waals surface area contributed by atoms with Crippen LogP contribution in [0.5, 0.6) is 11.5 Å². The van der Waals surface area contributed by atoms with Gasteiger partial charge in [-0.15, -0.1) is 0 Å². The van der Waals surface area contributed by atoms with Gasteiger partial charge in [0.25, 0.3) is 5.91 Å². The van der Waals surface area contributed by atoms with Crippen molar-refractivity contribution in [3.63, 3.8) is 0 Å². The minimum Gasteiger partial charge on any atom is -0.491 e. The molecule has 16 nitrogen and oxygen atoms in total. The van der Waals surface area contributed by atoms with E-state index in [4.69, 9.17) is 24.3 Å². The number of carbonyl (C=O) groups is 1. The van der Waals surface area contributed by atoms with Crippen LogP contribution >= 0.6 is 0 Å². The van der Waals surface area contributed by atoms with E-state index in [2.05, 4.69) is 34.7 Å². The molecule has 4 N–H and O–H groups in total. The van der Waals surface area contributed by atoms with Gasteiger partial charge >= 0.3 is 10.3 Å². The van der Waals surface area contributed by atoms with Crippen LogP contribution in [0, 0.1) is 0 Å². The normalized spacial score (nSPS) is 15.8. The molecule has 2 aromatic heterocycles. The summed E-state index contributed by atoms with van der Waals surface area (Å²) >= 11 is 0. The highest BCUT2D eigenvalue weighted by molar-refractivity contribution is 7.84. The summed E-state index contributed by atoms with van der Waals surface area (Å²) in [6.45, 7) is 5.92. The zero-order chi connectivity index (χ0) is 29.5. The fourth-order valence-electron chi connectivity index (χ4n) is 4.65. The molecular formula is C25H33N9O7S. The fourth-order valence-corrected chi connectivity index (χ4v) is 4.96. The number of anilines is 2. The highest BCUT2D eigenvalue weighted by Crippen LogP contribution is 2.37. The molecule has 42 heavy (non-hydrogen) atoms. The Morgan fingerprint density at radius 1 is 1.19 bits per heavy atom. The molecule has 2 aliphatic heterocycles. The molecule has 226 valence electrons. The molecule has 0 aliphatic carbocycles. The summed E-state index contributed by atoms with van der Waals surface area (Å²) in [5, 5.41) is 11.7. The van der Waals surface area contributed by atoms with Crippen LogP contribution in [0.3, 0.4) is 0 Å². The molecule has 1 saturated heterocycles. The van der Waals surface area contributed by atoms with Crippen molar-refractivity contribution in [2.75, 3.05) is 76.9 Å². The number of fused-ring (bicyclic) bond motifs is 3. The Labute approximate surface area is 242 Å². The molecule has 4 heterocycles. The Morgan fingerprint density at radius 3 is 2.71 bits per heavy atom. The standard InChI is InChI=1S/C25H33N9O7S/c1-38-21-19(40-11-2-7-33-9-13-39-14-10-33)4-3-18-20(21)31-25(34-8-5-27-22(18)34)32-23(35)17-15-29-24(30-16-17)28-6-12-41-42(26,36)37/h3-4,15-16,27H,2,5-14H2,1H3,(H2,26,36,37)(H,28,29,30). The molecule has 0 bridgehead atoms. The Balaban J connectivity index is 1.33. The third-order valence-electron chi connectivity index (χ3n) is 6.62. The molecule has 0 atom stereocenters. The Hall–Kier alpha value is -3.90. The van der Waals surface area contributed by atoms with Crippen molar-refractivity contribution in [1.82, 2.24) is 24.4 Å². The van der Waals surface area contributed by atoms with E-state index in [1.165, 1.54) is 12.4 Å². The lowest BCUT2D eigenvalue weighted by Gasteiger charge is -2.26. The predicted molar refractivity (Wildman–Crippen MR) is 152 cm³/mol. The molecule has 1 fully saturated rings. The molecule has 0 unspecified atom stereocenters. The summed E-state index contributed by atoms with van der Waals surface area (Å²) in [5.41, 5.74) is 0.873. The van der Waals surface area contributed by atoms with Crippen molar-refractivity contribution in [3.8, 4) is 11.5 Å². The Morgan fingerprint density at radius 2 is 1.98 bits per heavy atom. The SMILES string of the molecule is COc1c(OCCCN2CCOCC2)ccc2c3n(c(=NC(=O)c4cnc(NCCOS(N)(=O)=O)nc4)nc12)CCN3. The number of hydrogen-bond donors (Lipinski definition) is 3. The lowest BCUT2D eigenvalue weighted by Crippen LogP contribution is -2.37. The summed E-state index contributed by atoms with van der Waals surface area (Å²) in [6.07, 6.45) is 3.48. The van der Waals surface area contributed by atoms with Crippen LogP contribution in [0.1, 0.15) is 16.8 Å². The van der Waals surface area contributed by atoms with Gasteiger partial charge in [-0.2, -0.15) is 13.4 Å². The van der Waals surface area contributed by atoms with E-state index in [0.29, 0.717) is 36.7 Å². The monoisotopic (exact) mass is 603 g/mol. The highest BCUT2D eigenvalue weighted by atomic mass is 32.2. The molecule has 0 saturated carbocycles. The van der Waals surface area contributed by atoms with Crippen LogP contribution in [-0.2, 0) is 25.8 Å². The lowest BCUT2D eigenvalue weighted by atomic mass is 10.2. The predicted octanol–water partition coefficient (Wildman–Crippen LogP) is -0.265. The van der Waals surface area contributed by atoms with Gasteiger partial charge in [-0.05, 0) is 18.6 Å². The maximum Gasteiger partial charge on any atom is 0.333 e. The quantitative estimate of drug-likeness (QED) is 0.229. The number of methoxy groups -OCH3 is 1. The minimum atomic E-state index is -4.03. The first-order chi connectivity index (χ1) is 20.3. The van der Waals surface area contributed by atoms with E-state index in [-0.39, 0.29) is 30.3 Å². The number of hydrogen-bond acceptors (Lipinski definition) is 13. The fraction of sp³-hybridized carbons (Fsp3) is 0.480. The zero-order valence-electron chi connectivity index (χ0n) is 23.1. The number of aromatic nitrogens is 4. The molecule has 5 rings (SSSR count). The largest absolute Gasteiger partial charge is 0.491 e. The second kappa shape index (κ2) is 13.4. The third-order valence-corrected chi connectivity index (χ3v) is 7.11. The molecule has 0 radical (unpaired) electrons.